The minimum absolute atomic E-state index is 0.288. The first-order valence-corrected chi connectivity index (χ1v) is 3.86. The molecule has 0 bridgehead atoms. The summed E-state index contributed by atoms with van der Waals surface area (Å²) in [6.45, 7) is 3.53. The number of carbonyl (C=O) groups is 2. The average molecular weight is 172 g/mol. The van der Waals surface area contributed by atoms with Crippen LogP contribution in [0, 0.1) is 5.92 Å². The van der Waals surface area contributed by atoms with Gasteiger partial charge in [0.15, 0.2) is 0 Å². The van der Waals surface area contributed by atoms with E-state index in [1.165, 1.54) is 0 Å². The number of carbonyl (C=O) groups excluding carboxylic acids is 2. The first-order chi connectivity index (χ1) is 5.50. The molecule has 1 aliphatic rings. The van der Waals surface area contributed by atoms with E-state index in [0.717, 1.165) is 0 Å². The first kappa shape index (κ1) is 8.99. The average Bonchev–Trinajstić information content (AvgIpc) is 2.26. The Morgan fingerprint density at radius 3 is 2.50 bits per heavy atom. The second-order valence-corrected chi connectivity index (χ2v) is 2.98. The van der Waals surface area contributed by atoms with Crippen LogP contribution in [-0.2, 0) is 4.79 Å². The molecule has 1 aliphatic heterocycles. The summed E-state index contributed by atoms with van der Waals surface area (Å²) in [5.74, 6) is -0.953. The third-order valence-corrected chi connectivity index (χ3v) is 2.20. The fourth-order valence-electron chi connectivity index (χ4n) is 1.10. The normalized spacial score (nSPS) is 31.2. The molecule has 0 aromatic heterocycles. The second kappa shape index (κ2) is 2.75. The predicted octanol–water partition coefficient (Wildman–Crippen LogP) is -0.440. The molecule has 1 saturated heterocycles. The molecule has 0 aromatic carbocycles. The largest absolute Gasteiger partial charge is 0.363 e. The van der Waals surface area contributed by atoms with E-state index in [2.05, 4.69) is 5.32 Å². The van der Waals surface area contributed by atoms with Crippen LogP contribution in [0.1, 0.15) is 20.3 Å². The van der Waals surface area contributed by atoms with Gasteiger partial charge in [0.1, 0.15) is 0 Å². The van der Waals surface area contributed by atoms with Crippen molar-refractivity contribution in [1.82, 2.24) is 10.6 Å². The number of amides is 3. The molecule has 0 spiro atoms. The van der Waals surface area contributed by atoms with Gasteiger partial charge in [-0.05, 0) is 6.42 Å². The second-order valence-electron chi connectivity index (χ2n) is 2.98. The van der Waals surface area contributed by atoms with Gasteiger partial charge in [0.05, 0.1) is 0 Å². The molecule has 5 heteroatoms. The van der Waals surface area contributed by atoms with Gasteiger partial charge in [0.2, 0.25) is 5.72 Å². The molecule has 3 N–H and O–H groups in total. The number of aliphatic hydroxyl groups is 1. The summed E-state index contributed by atoms with van der Waals surface area (Å²) in [4.78, 5) is 21.7. The summed E-state index contributed by atoms with van der Waals surface area (Å²) in [6.07, 6.45) is 0.615. The van der Waals surface area contributed by atoms with E-state index in [-0.39, 0.29) is 5.92 Å². The monoisotopic (exact) mass is 172 g/mol. The fourth-order valence-corrected chi connectivity index (χ4v) is 1.10. The molecule has 2 unspecified atom stereocenters. The van der Waals surface area contributed by atoms with Crippen molar-refractivity contribution in [3.05, 3.63) is 0 Å². The molecular formula is C7H12N2O3. The molecule has 5 nitrogen and oxygen atoms in total. The highest BCUT2D eigenvalue weighted by molar-refractivity contribution is 6.05. The molecule has 12 heavy (non-hydrogen) atoms. The van der Waals surface area contributed by atoms with Crippen LogP contribution in [0.4, 0.5) is 4.79 Å². The highest BCUT2D eigenvalue weighted by Gasteiger charge is 2.47. The summed E-state index contributed by atoms with van der Waals surface area (Å²) < 4.78 is 0. The molecule has 2 atom stereocenters. The van der Waals surface area contributed by atoms with Crippen LogP contribution in [0.5, 0.6) is 0 Å². The zero-order valence-corrected chi connectivity index (χ0v) is 7.05. The number of hydrogen-bond acceptors (Lipinski definition) is 3. The third-order valence-electron chi connectivity index (χ3n) is 2.20. The van der Waals surface area contributed by atoms with E-state index >= 15 is 0 Å². The van der Waals surface area contributed by atoms with Crippen LogP contribution < -0.4 is 10.6 Å². The van der Waals surface area contributed by atoms with Crippen molar-refractivity contribution >= 4 is 11.9 Å². The minimum atomic E-state index is -1.72. The van der Waals surface area contributed by atoms with Crippen molar-refractivity contribution in [2.45, 2.75) is 26.0 Å². The summed E-state index contributed by atoms with van der Waals surface area (Å²) in [7, 11) is 0. The van der Waals surface area contributed by atoms with E-state index < -0.39 is 17.7 Å². The Hall–Kier alpha value is -1.10. The smallest absolute Gasteiger partial charge is 0.324 e. The van der Waals surface area contributed by atoms with Crippen molar-refractivity contribution in [3.63, 3.8) is 0 Å². The van der Waals surface area contributed by atoms with E-state index in [1.54, 1.807) is 6.92 Å². The lowest BCUT2D eigenvalue weighted by Crippen LogP contribution is -2.51. The van der Waals surface area contributed by atoms with Crippen molar-refractivity contribution in [2.75, 3.05) is 0 Å². The Morgan fingerprint density at radius 2 is 2.17 bits per heavy atom. The molecule has 1 rings (SSSR count). The lowest BCUT2D eigenvalue weighted by atomic mass is 9.95. The maximum atomic E-state index is 11.1. The standard InChI is InChI=1S/C7H12N2O3/c1-3-4(2)7(12)5(10)8-6(11)9-7/h4,12H,3H2,1-2H3,(H2,8,9,10,11). The molecular weight excluding hydrogens is 160 g/mol. The lowest BCUT2D eigenvalue weighted by Gasteiger charge is -2.25. The molecule has 0 saturated carbocycles. The molecule has 0 aromatic rings. The number of nitrogens with one attached hydrogen (secondary N) is 2. The maximum Gasteiger partial charge on any atom is 0.324 e. The molecule has 0 aliphatic carbocycles. The SMILES string of the molecule is CCC(C)C1(O)NC(=O)NC1=O. The van der Waals surface area contributed by atoms with Crippen LogP contribution in [-0.4, -0.2) is 22.8 Å². The first-order valence-electron chi connectivity index (χ1n) is 3.86. The Bertz CT molecular complexity index is 229. The van der Waals surface area contributed by atoms with Crippen molar-refractivity contribution in [1.29, 1.82) is 0 Å². The van der Waals surface area contributed by atoms with Gasteiger partial charge >= 0.3 is 6.03 Å². The molecule has 1 fully saturated rings. The fraction of sp³-hybridized carbons (Fsp3) is 0.714. The van der Waals surface area contributed by atoms with E-state index in [0.29, 0.717) is 6.42 Å². The van der Waals surface area contributed by atoms with E-state index in [9.17, 15) is 14.7 Å². The number of urea groups is 1. The Kier molecular flexibility index (Phi) is 2.06. The predicted molar refractivity (Wildman–Crippen MR) is 41.1 cm³/mol. The Labute approximate surface area is 70.1 Å². The van der Waals surface area contributed by atoms with Crippen LogP contribution in [0.3, 0.4) is 0 Å². The van der Waals surface area contributed by atoms with Gasteiger partial charge in [-0.15, -0.1) is 0 Å². The molecule has 3 amide bonds. The van der Waals surface area contributed by atoms with E-state index in [4.69, 9.17) is 0 Å². The zero-order valence-electron chi connectivity index (χ0n) is 7.05. The van der Waals surface area contributed by atoms with Crippen molar-refractivity contribution in [3.8, 4) is 0 Å². The number of hydrogen-bond donors (Lipinski definition) is 3. The van der Waals surface area contributed by atoms with Crippen LogP contribution in [0.2, 0.25) is 0 Å². The topological polar surface area (TPSA) is 78.4 Å². The van der Waals surface area contributed by atoms with E-state index in [1.807, 2.05) is 12.2 Å². The van der Waals surface area contributed by atoms with Gasteiger partial charge in [-0.1, -0.05) is 13.8 Å². The van der Waals surface area contributed by atoms with Gasteiger partial charge < -0.3 is 10.4 Å². The van der Waals surface area contributed by atoms with Crippen LogP contribution in [0.15, 0.2) is 0 Å². The number of rotatable bonds is 2. The molecule has 1 heterocycles. The summed E-state index contributed by atoms with van der Waals surface area (Å²) >= 11 is 0. The zero-order chi connectivity index (χ0) is 9.35. The van der Waals surface area contributed by atoms with Gasteiger partial charge in [0, 0.05) is 5.92 Å². The third kappa shape index (κ3) is 1.16. The van der Waals surface area contributed by atoms with Crippen molar-refractivity contribution < 1.29 is 14.7 Å². The summed E-state index contributed by atoms with van der Waals surface area (Å²) in [5, 5.41) is 13.8. The van der Waals surface area contributed by atoms with Gasteiger partial charge in [-0.3, -0.25) is 10.1 Å². The van der Waals surface area contributed by atoms with Gasteiger partial charge in [-0.2, -0.15) is 0 Å². The Balaban J connectivity index is 2.84. The quantitative estimate of drug-likeness (QED) is 0.494. The maximum absolute atomic E-state index is 11.1. The van der Waals surface area contributed by atoms with Crippen molar-refractivity contribution in [2.24, 2.45) is 5.92 Å². The summed E-state index contributed by atoms with van der Waals surface area (Å²) in [5.41, 5.74) is -1.72. The van der Waals surface area contributed by atoms with Gasteiger partial charge in [-0.25, -0.2) is 4.79 Å². The van der Waals surface area contributed by atoms with Crippen LogP contribution in [0.25, 0.3) is 0 Å². The Morgan fingerprint density at radius 1 is 1.58 bits per heavy atom. The highest BCUT2D eigenvalue weighted by Crippen LogP contribution is 2.20. The van der Waals surface area contributed by atoms with Crippen LogP contribution >= 0.6 is 0 Å². The lowest BCUT2D eigenvalue weighted by molar-refractivity contribution is -0.142. The summed E-state index contributed by atoms with van der Waals surface area (Å²) in [6, 6.07) is -0.636. The minimum Gasteiger partial charge on any atom is -0.363 e. The molecule has 68 valence electrons. The van der Waals surface area contributed by atoms with Gasteiger partial charge in [0.25, 0.3) is 5.91 Å². The molecule has 0 radical (unpaired) electrons. The highest BCUT2D eigenvalue weighted by atomic mass is 16.3. The number of imide groups is 1.